The molecule has 0 aliphatic carbocycles. The van der Waals surface area contributed by atoms with E-state index in [4.69, 9.17) is 16.3 Å². The molecule has 8 heteroatoms. The molecule has 0 spiro atoms. The molecule has 0 bridgehead atoms. The first-order valence-corrected chi connectivity index (χ1v) is 10.9. The summed E-state index contributed by atoms with van der Waals surface area (Å²) in [6.07, 6.45) is 1.81. The Morgan fingerprint density at radius 2 is 1.81 bits per heavy atom. The van der Waals surface area contributed by atoms with Crippen molar-refractivity contribution in [2.75, 3.05) is 17.7 Å². The highest BCUT2D eigenvalue weighted by atomic mass is 35.5. The van der Waals surface area contributed by atoms with Crippen LogP contribution < -0.4 is 14.4 Å². The number of amides is 1. The van der Waals surface area contributed by atoms with Gasteiger partial charge in [0.1, 0.15) is 11.8 Å². The standard InChI is InChI=1S/C19H31ClN2O4S/c1-13(17(23)21-19(5,6)12-18(2,3)4)22(27(8,24)25)14-9-10-16(26-7)15(20)11-14/h9-11,13H,12H2,1-8H3,(H,21,23). The quantitative estimate of drug-likeness (QED) is 0.729. The van der Waals surface area contributed by atoms with E-state index < -0.39 is 21.6 Å². The number of halogens is 1. The molecule has 1 unspecified atom stereocenters. The zero-order chi connectivity index (χ0) is 21.2. The third kappa shape index (κ3) is 6.88. The van der Waals surface area contributed by atoms with Crippen molar-refractivity contribution in [1.29, 1.82) is 0 Å². The molecular formula is C19H31ClN2O4S. The second-order valence-electron chi connectivity index (χ2n) is 8.66. The summed E-state index contributed by atoms with van der Waals surface area (Å²) in [6.45, 7) is 11.7. The van der Waals surface area contributed by atoms with Crippen LogP contribution >= 0.6 is 11.6 Å². The predicted octanol–water partition coefficient (Wildman–Crippen LogP) is 3.83. The number of nitrogens with one attached hydrogen (secondary N) is 1. The van der Waals surface area contributed by atoms with Gasteiger partial charge in [0.25, 0.3) is 0 Å². The van der Waals surface area contributed by atoms with Gasteiger partial charge >= 0.3 is 0 Å². The Labute approximate surface area is 168 Å². The highest BCUT2D eigenvalue weighted by Gasteiger charge is 2.34. The van der Waals surface area contributed by atoms with Gasteiger partial charge < -0.3 is 10.1 Å². The number of hydrogen-bond donors (Lipinski definition) is 1. The topological polar surface area (TPSA) is 75.7 Å². The van der Waals surface area contributed by atoms with E-state index in [0.29, 0.717) is 11.4 Å². The number of benzene rings is 1. The minimum Gasteiger partial charge on any atom is -0.495 e. The molecule has 0 aliphatic rings. The predicted molar refractivity (Wildman–Crippen MR) is 111 cm³/mol. The molecule has 154 valence electrons. The Morgan fingerprint density at radius 3 is 2.22 bits per heavy atom. The largest absolute Gasteiger partial charge is 0.495 e. The van der Waals surface area contributed by atoms with Gasteiger partial charge in [0, 0.05) is 5.54 Å². The van der Waals surface area contributed by atoms with Crippen LogP contribution in [0.15, 0.2) is 18.2 Å². The van der Waals surface area contributed by atoms with Crippen molar-refractivity contribution in [3.05, 3.63) is 23.2 Å². The van der Waals surface area contributed by atoms with Gasteiger partial charge in [-0.05, 0) is 50.8 Å². The SMILES string of the molecule is COc1ccc(N(C(C)C(=O)NC(C)(C)CC(C)(C)C)S(C)(=O)=O)cc1Cl. The van der Waals surface area contributed by atoms with Crippen LogP contribution in [0.25, 0.3) is 0 Å². The number of rotatable bonds is 7. The lowest BCUT2D eigenvalue weighted by molar-refractivity contribution is -0.123. The number of nitrogens with zero attached hydrogens (tertiary/aromatic N) is 1. The smallest absolute Gasteiger partial charge is 0.244 e. The first kappa shape index (κ1) is 23.6. The average molecular weight is 419 g/mol. The zero-order valence-electron chi connectivity index (χ0n) is 17.4. The lowest BCUT2D eigenvalue weighted by Crippen LogP contribution is -2.54. The minimum absolute atomic E-state index is 0.0139. The van der Waals surface area contributed by atoms with E-state index in [2.05, 4.69) is 26.1 Å². The first-order chi connectivity index (χ1) is 12.1. The fourth-order valence-electron chi connectivity index (χ4n) is 3.41. The Morgan fingerprint density at radius 1 is 1.26 bits per heavy atom. The van der Waals surface area contributed by atoms with Crippen LogP contribution in [-0.4, -0.2) is 39.3 Å². The fourth-order valence-corrected chi connectivity index (χ4v) is 4.83. The summed E-state index contributed by atoms with van der Waals surface area (Å²) < 4.78 is 31.0. The van der Waals surface area contributed by atoms with Crippen molar-refractivity contribution < 1.29 is 17.9 Å². The summed E-state index contributed by atoms with van der Waals surface area (Å²) in [5.41, 5.74) is -0.163. The van der Waals surface area contributed by atoms with Crippen LogP contribution in [-0.2, 0) is 14.8 Å². The number of methoxy groups -OCH3 is 1. The molecule has 1 N–H and O–H groups in total. The zero-order valence-corrected chi connectivity index (χ0v) is 19.0. The minimum atomic E-state index is -3.72. The molecule has 0 radical (unpaired) electrons. The van der Waals surface area contributed by atoms with E-state index in [0.717, 1.165) is 17.0 Å². The Bertz CT molecular complexity index is 785. The van der Waals surface area contributed by atoms with E-state index in [9.17, 15) is 13.2 Å². The Hall–Kier alpha value is -1.47. The molecule has 1 rings (SSSR count). The summed E-state index contributed by atoms with van der Waals surface area (Å²) in [7, 11) is -2.24. The van der Waals surface area contributed by atoms with Crippen molar-refractivity contribution in [3.8, 4) is 5.75 Å². The van der Waals surface area contributed by atoms with E-state index in [1.165, 1.54) is 13.2 Å². The van der Waals surface area contributed by atoms with Crippen molar-refractivity contribution in [2.24, 2.45) is 5.41 Å². The summed E-state index contributed by atoms with van der Waals surface area (Å²) in [4.78, 5) is 12.8. The maximum absolute atomic E-state index is 12.8. The number of carbonyl (C=O) groups is 1. The van der Waals surface area contributed by atoms with Gasteiger partial charge in [-0.25, -0.2) is 8.42 Å². The van der Waals surface area contributed by atoms with E-state index >= 15 is 0 Å². The highest BCUT2D eigenvalue weighted by Crippen LogP contribution is 2.32. The van der Waals surface area contributed by atoms with Crippen molar-refractivity contribution in [2.45, 2.75) is 59.5 Å². The van der Waals surface area contributed by atoms with Gasteiger partial charge in [-0.1, -0.05) is 32.4 Å². The van der Waals surface area contributed by atoms with Gasteiger partial charge in [0.15, 0.2) is 0 Å². The van der Waals surface area contributed by atoms with Crippen LogP contribution in [0.2, 0.25) is 5.02 Å². The molecule has 1 aromatic rings. The molecule has 1 atom stereocenters. The normalized spacial score (nSPS) is 13.8. The van der Waals surface area contributed by atoms with Crippen LogP contribution in [0.5, 0.6) is 5.75 Å². The van der Waals surface area contributed by atoms with Gasteiger partial charge in [-0.3, -0.25) is 9.10 Å². The van der Waals surface area contributed by atoms with E-state index in [1.807, 2.05) is 13.8 Å². The fraction of sp³-hybridized carbons (Fsp3) is 0.632. The maximum atomic E-state index is 12.8. The molecule has 0 aromatic heterocycles. The Balaban J connectivity index is 3.18. The summed E-state index contributed by atoms with van der Waals surface area (Å²) in [6, 6.07) is 3.68. The molecule has 0 aliphatic heterocycles. The number of hydrogen-bond acceptors (Lipinski definition) is 4. The maximum Gasteiger partial charge on any atom is 0.244 e. The number of sulfonamides is 1. The molecule has 1 aromatic carbocycles. The number of anilines is 1. The number of carbonyl (C=O) groups excluding carboxylic acids is 1. The Kier molecular flexibility index (Phi) is 7.22. The van der Waals surface area contributed by atoms with Crippen molar-refractivity contribution in [3.63, 3.8) is 0 Å². The van der Waals surface area contributed by atoms with Crippen molar-refractivity contribution >= 4 is 33.2 Å². The lowest BCUT2D eigenvalue weighted by Gasteiger charge is -2.36. The molecular weight excluding hydrogens is 388 g/mol. The lowest BCUT2D eigenvalue weighted by atomic mass is 9.81. The molecule has 0 saturated heterocycles. The molecule has 0 heterocycles. The second-order valence-corrected chi connectivity index (χ2v) is 10.9. The average Bonchev–Trinajstić information content (AvgIpc) is 2.42. The van der Waals surface area contributed by atoms with Crippen LogP contribution in [0.4, 0.5) is 5.69 Å². The van der Waals surface area contributed by atoms with Gasteiger partial charge in [-0.15, -0.1) is 0 Å². The molecule has 1 amide bonds. The number of ether oxygens (including phenoxy) is 1. The van der Waals surface area contributed by atoms with Gasteiger partial charge in [0.2, 0.25) is 15.9 Å². The second kappa shape index (κ2) is 8.27. The monoisotopic (exact) mass is 418 g/mol. The van der Waals surface area contributed by atoms with Gasteiger partial charge in [0.05, 0.1) is 24.1 Å². The van der Waals surface area contributed by atoms with Crippen LogP contribution in [0.1, 0.15) is 48.0 Å². The summed E-state index contributed by atoms with van der Waals surface area (Å²) in [5.74, 6) is 0.0545. The van der Waals surface area contributed by atoms with Crippen LogP contribution in [0, 0.1) is 5.41 Å². The molecule has 6 nitrogen and oxygen atoms in total. The highest BCUT2D eigenvalue weighted by molar-refractivity contribution is 7.92. The summed E-state index contributed by atoms with van der Waals surface area (Å²) in [5, 5.41) is 3.24. The van der Waals surface area contributed by atoms with Gasteiger partial charge in [-0.2, -0.15) is 0 Å². The van der Waals surface area contributed by atoms with E-state index in [1.54, 1.807) is 19.1 Å². The summed E-state index contributed by atoms with van der Waals surface area (Å²) >= 11 is 6.14. The third-order valence-electron chi connectivity index (χ3n) is 3.91. The third-order valence-corrected chi connectivity index (χ3v) is 5.45. The van der Waals surface area contributed by atoms with Crippen molar-refractivity contribution in [1.82, 2.24) is 5.32 Å². The van der Waals surface area contributed by atoms with Crippen LogP contribution in [0.3, 0.4) is 0 Å². The molecule has 27 heavy (non-hydrogen) atoms. The first-order valence-electron chi connectivity index (χ1n) is 8.72. The molecule has 0 fully saturated rings. The molecule has 0 saturated carbocycles. The van der Waals surface area contributed by atoms with E-state index in [-0.39, 0.29) is 16.3 Å².